The van der Waals surface area contributed by atoms with E-state index in [4.69, 9.17) is 4.74 Å². The smallest absolute Gasteiger partial charge is 0.335 e. The molecule has 0 saturated carbocycles. The molecule has 0 N–H and O–H groups in total. The monoisotopic (exact) mass is 289 g/mol. The van der Waals surface area contributed by atoms with Crippen molar-refractivity contribution in [3.05, 3.63) is 41.1 Å². The molecule has 1 aromatic rings. The lowest BCUT2D eigenvalue weighted by atomic mass is 10.1. The van der Waals surface area contributed by atoms with Crippen LogP contribution in [-0.4, -0.2) is 18.5 Å². The quantitative estimate of drug-likeness (QED) is 0.614. The molecule has 0 unspecified atom stereocenters. The molecule has 0 aliphatic carbocycles. The van der Waals surface area contributed by atoms with E-state index in [0.29, 0.717) is 24.3 Å². The Labute approximate surface area is 126 Å². The van der Waals surface area contributed by atoms with Gasteiger partial charge in [-0.2, -0.15) is 0 Å². The van der Waals surface area contributed by atoms with Crippen LogP contribution in [-0.2, 0) is 14.3 Å². The van der Waals surface area contributed by atoms with Crippen molar-refractivity contribution in [3.63, 3.8) is 0 Å². The van der Waals surface area contributed by atoms with E-state index in [0.717, 1.165) is 11.3 Å². The van der Waals surface area contributed by atoms with Crippen LogP contribution in [0.4, 0.5) is 5.69 Å². The summed E-state index contributed by atoms with van der Waals surface area (Å²) in [7, 11) is 0. The zero-order chi connectivity index (χ0) is 16.0. The normalized spacial score (nSPS) is 11.7. The van der Waals surface area contributed by atoms with E-state index in [-0.39, 0.29) is 11.9 Å². The minimum absolute atomic E-state index is 0.131. The first kappa shape index (κ1) is 17.0. The molecule has 0 atom stereocenters. The number of esters is 1. The highest BCUT2D eigenvalue weighted by molar-refractivity contribution is 5.98. The van der Waals surface area contributed by atoms with Gasteiger partial charge in [0.05, 0.1) is 12.2 Å². The molecule has 0 radical (unpaired) electrons. The van der Waals surface area contributed by atoms with Crippen molar-refractivity contribution in [2.45, 2.75) is 41.0 Å². The largest absolute Gasteiger partial charge is 0.463 e. The minimum Gasteiger partial charge on any atom is -0.463 e. The third kappa shape index (κ3) is 4.18. The second-order valence-electron chi connectivity index (χ2n) is 4.83. The Balaban J connectivity index is 3.32. The number of hydrogen-bond acceptors (Lipinski definition) is 3. The Morgan fingerprint density at radius 1 is 1.19 bits per heavy atom. The zero-order valence-corrected chi connectivity index (χ0v) is 13.4. The summed E-state index contributed by atoms with van der Waals surface area (Å²) in [6.07, 6.45) is 0.514. The average Bonchev–Trinajstić information content (AvgIpc) is 2.39. The second-order valence-corrected chi connectivity index (χ2v) is 4.83. The van der Waals surface area contributed by atoms with Crippen LogP contribution in [0.1, 0.15) is 39.7 Å². The first-order valence-corrected chi connectivity index (χ1v) is 7.16. The number of rotatable bonds is 5. The molecule has 21 heavy (non-hydrogen) atoms. The van der Waals surface area contributed by atoms with E-state index < -0.39 is 0 Å². The molecular weight excluding hydrogens is 266 g/mol. The summed E-state index contributed by atoms with van der Waals surface area (Å²) < 4.78 is 5.07. The highest BCUT2D eigenvalue weighted by Gasteiger charge is 2.20. The molecule has 0 aliphatic heterocycles. The van der Waals surface area contributed by atoms with Crippen LogP contribution < -0.4 is 4.90 Å². The summed E-state index contributed by atoms with van der Waals surface area (Å²) in [4.78, 5) is 25.6. The standard InChI is InChI=1S/C17H23NO3/c1-6-16(17(20)21-7-2)13(4)18(14(5)19)15-10-8-9-12(3)11-15/h8-11H,6-7H2,1-5H3/b16-13-. The van der Waals surface area contributed by atoms with Crippen LogP contribution in [0, 0.1) is 6.92 Å². The van der Waals surface area contributed by atoms with Gasteiger partial charge in [0.2, 0.25) is 5.91 Å². The van der Waals surface area contributed by atoms with Gasteiger partial charge >= 0.3 is 5.97 Å². The maximum absolute atomic E-state index is 12.0. The number of amides is 1. The molecule has 0 aliphatic rings. The number of hydrogen-bond donors (Lipinski definition) is 0. The third-order valence-corrected chi connectivity index (χ3v) is 3.22. The molecule has 0 heterocycles. The number of carbonyl (C=O) groups is 2. The Morgan fingerprint density at radius 2 is 1.86 bits per heavy atom. The first-order valence-electron chi connectivity index (χ1n) is 7.16. The van der Waals surface area contributed by atoms with E-state index in [2.05, 4.69) is 0 Å². The van der Waals surface area contributed by atoms with Gasteiger partial charge in [0, 0.05) is 18.3 Å². The van der Waals surface area contributed by atoms with Gasteiger partial charge in [-0.25, -0.2) is 4.79 Å². The van der Waals surface area contributed by atoms with Crippen LogP contribution >= 0.6 is 0 Å². The summed E-state index contributed by atoms with van der Waals surface area (Å²) in [5.41, 5.74) is 2.96. The molecule has 4 heteroatoms. The van der Waals surface area contributed by atoms with Crippen LogP contribution in [0.2, 0.25) is 0 Å². The van der Waals surface area contributed by atoms with Crippen molar-refractivity contribution < 1.29 is 14.3 Å². The lowest BCUT2D eigenvalue weighted by Crippen LogP contribution is -2.29. The molecule has 4 nitrogen and oxygen atoms in total. The third-order valence-electron chi connectivity index (χ3n) is 3.22. The summed E-state index contributed by atoms with van der Waals surface area (Å²) in [6.45, 7) is 9.20. The van der Waals surface area contributed by atoms with Crippen molar-refractivity contribution >= 4 is 17.6 Å². The van der Waals surface area contributed by atoms with Gasteiger partial charge in [0.25, 0.3) is 0 Å². The zero-order valence-electron chi connectivity index (χ0n) is 13.4. The van der Waals surface area contributed by atoms with Gasteiger partial charge in [-0.3, -0.25) is 9.69 Å². The Bertz CT molecular complexity index is 561. The van der Waals surface area contributed by atoms with Gasteiger partial charge in [0.1, 0.15) is 0 Å². The predicted molar refractivity (Wildman–Crippen MR) is 84.0 cm³/mol. The maximum atomic E-state index is 12.0. The maximum Gasteiger partial charge on any atom is 0.335 e. The molecule has 0 saturated heterocycles. The molecule has 0 bridgehead atoms. The number of allylic oxidation sites excluding steroid dienone is 1. The van der Waals surface area contributed by atoms with E-state index in [1.54, 1.807) is 18.7 Å². The fourth-order valence-corrected chi connectivity index (χ4v) is 2.28. The molecule has 1 amide bonds. The molecule has 1 aromatic carbocycles. The minimum atomic E-state index is -0.364. The molecule has 0 fully saturated rings. The molecule has 114 valence electrons. The lowest BCUT2D eigenvalue weighted by molar-refractivity contribution is -0.138. The fourth-order valence-electron chi connectivity index (χ4n) is 2.28. The summed E-state index contributed by atoms with van der Waals surface area (Å²) in [5.74, 6) is -0.496. The fraction of sp³-hybridized carbons (Fsp3) is 0.412. The van der Waals surface area contributed by atoms with Crippen molar-refractivity contribution in [1.82, 2.24) is 0 Å². The number of anilines is 1. The molecular formula is C17H23NO3. The number of nitrogens with zero attached hydrogens (tertiary/aromatic N) is 1. The Kier molecular flexibility index (Phi) is 6.15. The average molecular weight is 289 g/mol. The molecule has 0 spiro atoms. The van der Waals surface area contributed by atoms with E-state index in [1.807, 2.05) is 38.1 Å². The predicted octanol–water partition coefficient (Wildman–Crippen LogP) is 3.60. The Hall–Kier alpha value is -2.10. The van der Waals surface area contributed by atoms with Gasteiger partial charge < -0.3 is 4.74 Å². The van der Waals surface area contributed by atoms with E-state index in [9.17, 15) is 9.59 Å². The van der Waals surface area contributed by atoms with Gasteiger partial charge in [0.15, 0.2) is 0 Å². The summed E-state index contributed by atoms with van der Waals surface area (Å²) in [6, 6.07) is 7.64. The molecule has 1 rings (SSSR count). The molecule has 0 aromatic heterocycles. The van der Waals surface area contributed by atoms with Gasteiger partial charge in [-0.05, 0) is 44.9 Å². The van der Waals surface area contributed by atoms with E-state index in [1.165, 1.54) is 6.92 Å². The number of carbonyl (C=O) groups excluding carboxylic acids is 2. The number of aryl methyl sites for hydroxylation is 1. The number of ether oxygens (including phenoxy) is 1. The van der Waals surface area contributed by atoms with Crippen molar-refractivity contribution in [2.75, 3.05) is 11.5 Å². The van der Waals surface area contributed by atoms with Crippen molar-refractivity contribution in [3.8, 4) is 0 Å². The van der Waals surface area contributed by atoms with Crippen LogP contribution in [0.15, 0.2) is 35.5 Å². The van der Waals surface area contributed by atoms with Crippen molar-refractivity contribution in [2.24, 2.45) is 0 Å². The summed E-state index contributed by atoms with van der Waals surface area (Å²) in [5, 5.41) is 0. The number of benzene rings is 1. The highest BCUT2D eigenvalue weighted by Crippen LogP contribution is 2.24. The first-order chi connectivity index (χ1) is 9.92. The summed E-state index contributed by atoms with van der Waals surface area (Å²) >= 11 is 0. The highest BCUT2D eigenvalue weighted by atomic mass is 16.5. The van der Waals surface area contributed by atoms with Gasteiger partial charge in [-0.15, -0.1) is 0 Å². The van der Waals surface area contributed by atoms with Crippen LogP contribution in [0.3, 0.4) is 0 Å². The topological polar surface area (TPSA) is 46.6 Å². The van der Waals surface area contributed by atoms with Crippen LogP contribution in [0.5, 0.6) is 0 Å². The van der Waals surface area contributed by atoms with Crippen molar-refractivity contribution in [1.29, 1.82) is 0 Å². The second kappa shape index (κ2) is 7.62. The van der Waals surface area contributed by atoms with E-state index >= 15 is 0 Å². The Morgan fingerprint density at radius 3 is 2.33 bits per heavy atom. The van der Waals surface area contributed by atoms with Crippen LogP contribution in [0.25, 0.3) is 0 Å². The lowest BCUT2D eigenvalue weighted by Gasteiger charge is -2.24. The van der Waals surface area contributed by atoms with Gasteiger partial charge in [-0.1, -0.05) is 19.1 Å². The SMILES string of the molecule is CCOC(=O)/C(CC)=C(/C)N(C(C)=O)c1cccc(C)c1.